The molecule has 1 fully saturated rings. The number of hydrogen-bond acceptors (Lipinski definition) is 4. The van der Waals surface area contributed by atoms with Gasteiger partial charge in [0.2, 0.25) is 0 Å². The van der Waals surface area contributed by atoms with Crippen molar-refractivity contribution in [3.63, 3.8) is 0 Å². The van der Waals surface area contributed by atoms with Gasteiger partial charge in [-0.3, -0.25) is 9.59 Å². The molecule has 2 aromatic rings. The maximum absolute atomic E-state index is 13.3. The van der Waals surface area contributed by atoms with E-state index in [1.807, 2.05) is 19.1 Å². The second-order valence-corrected chi connectivity index (χ2v) is 12.5. The molecule has 5 heterocycles. The van der Waals surface area contributed by atoms with Gasteiger partial charge in [0.05, 0.1) is 13.2 Å². The van der Waals surface area contributed by atoms with Gasteiger partial charge in [0.1, 0.15) is 5.92 Å². The number of ether oxygens (including phenoxy) is 1. The molecule has 1 unspecified atom stereocenters. The van der Waals surface area contributed by atoms with Gasteiger partial charge >= 0.3 is 35.0 Å². The molecule has 1 aliphatic carbocycles. The van der Waals surface area contributed by atoms with Crippen molar-refractivity contribution in [2.45, 2.75) is 79.4 Å². The summed E-state index contributed by atoms with van der Waals surface area (Å²) in [6.07, 6.45) is 6.97. The minimum Gasteiger partial charge on any atom is -0.681 e. The summed E-state index contributed by atoms with van der Waals surface area (Å²) in [5.74, 6) is -2.61. The number of fused-ring (bicyclic) bond motifs is 8. The van der Waals surface area contributed by atoms with E-state index in [4.69, 9.17) is 25.3 Å². The van der Waals surface area contributed by atoms with Crippen LogP contribution in [0.4, 0.5) is 0 Å². The quantitative estimate of drug-likeness (QED) is 0.367. The topological polar surface area (TPSA) is 140 Å². The van der Waals surface area contributed by atoms with Crippen LogP contribution in [0.5, 0.6) is 0 Å². The Morgan fingerprint density at radius 2 is 1.73 bits per heavy atom. The number of hydrogen-bond donors (Lipinski definition) is 2. The summed E-state index contributed by atoms with van der Waals surface area (Å²) >= 11 is 0. The van der Waals surface area contributed by atoms with Crippen LogP contribution >= 0.6 is 0 Å². The maximum atomic E-state index is 13.3. The molecule has 2 aromatic heterocycles. The van der Waals surface area contributed by atoms with E-state index in [1.165, 1.54) is 7.11 Å². The predicted octanol–water partition coefficient (Wildman–Crippen LogP) is 4.01. The number of carboxylic acids is 1. The van der Waals surface area contributed by atoms with Gasteiger partial charge < -0.3 is 35.6 Å². The Morgan fingerprint density at radius 1 is 1.00 bits per heavy atom. The van der Waals surface area contributed by atoms with Crippen molar-refractivity contribution >= 4 is 52.7 Å². The van der Waals surface area contributed by atoms with Crippen molar-refractivity contribution in [3.05, 3.63) is 83.7 Å². The molecule has 0 saturated carbocycles. The number of aliphatic carboxylic acids is 1. The number of aromatic nitrogens is 2. The van der Waals surface area contributed by atoms with Gasteiger partial charge in [0.25, 0.3) is 0 Å². The second-order valence-electron chi connectivity index (χ2n) is 12.5. The van der Waals surface area contributed by atoms with Crippen LogP contribution in [-0.4, -0.2) is 58.4 Å². The van der Waals surface area contributed by atoms with Crippen molar-refractivity contribution in [3.8, 4) is 0 Å². The number of aliphatic hydroxyl groups excluding tert-OH is 1. The van der Waals surface area contributed by atoms with E-state index in [0.717, 1.165) is 63.6 Å². The number of carbonyl (C=O) groups excluding carboxylic acids is 1. The van der Waals surface area contributed by atoms with E-state index in [0.29, 0.717) is 28.3 Å². The van der Waals surface area contributed by atoms with E-state index in [1.54, 1.807) is 0 Å². The SMILES string of the molecule is CCc1c2[n-]c(c1C)/C=C1\[N-]C(=C(C)[C@@H]1CC)/C=C1\[N-]C(C3=c4[n-]/c(c(C)c4[C@H](O)[C@@H]3C(=O)OC)=C\2)[C@@H](CCC(=O)O)[C@@H]1C.[Mg+2]. The number of methoxy groups -OCH3 is 1. The number of esters is 1. The molecule has 3 aliphatic heterocycles. The first-order chi connectivity index (χ1) is 21.0. The molecule has 10 heteroatoms. The number of allylic oxidation sites excluding steroid dienone is 3. The average Bonchev–Trinajstić information content (AvgIpc) is 3.72. The molecule has 0 aromatic carbocycles. The zero-order chi connectivity index (χ0) is 31.6. The van der Waals surface area contributed by atoms with Gasteiger partial charge in [0.15, 0.2) is 0 Å². The standard InChI is InChI=1S/C35H40N4O5.Mg/c1-8-19-15(3)22-12-24-17(5)21(10-11-28(40)41)32(38-24)30-31(35(43)44-7)34(42)29-18(6)25(39-33(29)30)14-27-20(9-2)16(4)23(37-27)13-26(19)36-22;/h12-14,17,19,21,31-32,34,42H,8-11H2,1-7H3,(H,40,41);/q-4;+2/b24-12-,25-14-,26-13-;/t17-,19-,21-,31+,32?,34-;/m0./s1. The van der Waals surface area contributed by atoms with Gasteiger partial charge in [-0.15, -0.1) is 27.8 Å². The summed E-state index contributed by atoms with van der Waals surface area (Å²) in [5, 5.41) is 32.8. The first-order valence-electron chi connectivity index (χ1n) is 15.6. The zero-order valence-corrected chi connectivity index (χ0v) is 28.6. The van der Waals surface area contributed by atoms with Crippen LogP contribution in [0.3, 0.4) is 0 Å². The van der Waals surface area contributed by atoms with Crippen LogP contribution in [-0.2, 0) is 20.7 Å². The van der Waals surface area contributed by atoms with Gasteiger partial charge in [-0.2, -0.15) is 11.4 Å². The van der Waals surface area contributed by atoms with Crippen LogP contribution in [0.15, 0.2) is 28.7 Å². The third kappa shape index (κ3) is 5.28. The van der Waals surface area contributed by atoms with E-state index >= 15 is 0 Å². The Kier molecular flexibility index (Phi) is 9.23. The molecule has 6 atom stereocenters. The molecule has 4 aliphatic rings. The van der Waals surface area contributed by atoms with E-state index in [2.05, 4.69) is 40.7 Å². The summed E-state index contributed by atoms with van der Waals surface area (Å²) in [4.78, 5) is 35.1. The Labute approximate surface area is 280 Å². The number of carboxylic acid groups (broad SMARTS) is 1. The number of carbonyl (C=O) groups is 2. The van der Waals surface area contributed by atoms with Crippen LogP contribution < -0.4 is 20.7 Å². The zero-order valence-electron chi connectivity index (χ0n) is 27.1. The van der Waals surface area contributed by atoms with Crippen LogP contribution in [0.1, 0.15) is 86.7 Å². The van der Waals surface area contributed by atoms with Gasteiger partial charge in [-0.05, 0) is 63.4 Å². The van der Waals surface area contributed by atoms with Crippen molar-refractivity contribution in [1.29, 1.82) is 0 Å². The minimum absolute atomic E-state index is 0. The molecule has 234 valence electrons. The van der Waals surface area contributed by atoms with Gasteiger partial charge in [-0.25, -0.2) is 0 Å². The number of nitrogens with zero attached hydrogens (tertiary/aromatic N) is 4. The molecule has 1 saturated heterocycles. The van der Waals surface area contributed by atoms with Crippen molar-refractivity contribution in [2.24, 2.45) is 23.7 Å². The Hall–Kier alpha value is -3.21. The molecule has 0 amide bonds. The molecule has 8 bridgehead atoms. The van der Waals surface area contributed by atoms with Crippen LogP contribution in [0.25, 0.3) is 28.4 Å². The Bertz CT molecular complexity index is 1780. The van der Waals surface area contributed by atoms with Crippen molar-refractivity contribution < 1.29 is 24.5 Å². The first-order valence-corrected chi connectivity index (χ1v) is 15.6. The smallest absolute Gasteiger partial charge is 0.681 e. The molecule has 0 radical (unpaired) electrons. The predicted molar refractivity (Wildman–Crippen MR) is 173 cm³/mol. The summed E-state index contributed by atoms with van der Waals surface area (Å²) in [7, 11) is 1.31. The van der Waals surface area contributed by atoms with E-state index < -0.39 is 30.0 Å². The van der Waals surface area contributed by atoms with Crippen molar-refractivity contribution in [1.82, 2.24) is 9.97 Å². The van der Waals surface area contributed by atoms with E-state index in [9.17, 15) is 19.8 Å². The van der Waals surface area contributed by atoms with Crippen molar-refractivity contribution in [2.75, 3.05) is 7.11 Å². The minimum atomic E-state index is -1.15. The molecule has 0 spiro atoms. The molecular formula is C35H40MgN4O5-2. The fourth-order valence-electron chi connectivity index (χ4n) is 7.77. The van der Waals surface area contributed by atoms with Crippen LogP contribution in [0, 0.1) is 37.5 Å². The third-order valence-corrected chi connectivity index (χ3v) is 10.3. The fraction of sp³-hybridized carbons (Fsp3) is 0.486. The summed E-state index contributed by atoms with van der Waals surface area (Å²) in [5.41, 5.74) is 9.75. The molecule has 2 N–H and O–H groups in total. The van der Waals surface area contributed by atoms with Crippen LogP contribution in [0.2, 0.25) is 0 Å². The number of rotatable bonds is 6. The molecule has 6 rings (SSSR count). The molecule has 45 heavy (non-hydrogen) atoms. The molecule has 9 nitrogen and oxygen atoms in total. The summed E-state index contributed by atoms with van der Waals surface area (Å²) in [6, 6.07) is -0.554. The van der Waals surface area contributed by atoms with E-state index in [-0.39, 0.29) is 47.2 Å². The summed E-state index contributed by atoms with van der Waals surface area (Å²) in [6.45, 7) is 12.5. The Balaban J connectivity index is 0.00000400. The third-order valence-electron chi connectivity index (χ3n) is 10.3. The van der Waals surface area contributed by atoms with Gasteiger partial charge in [-0.1, -0.05) is 72.9 Å². The summed E-state index contributed by atoms with van der Waals surface area (Å²) < 4.78 is 5.20. The second kappa shape index (κ2) is 12.5. The average molecular weight is 621 g/mol. The number of aliphatic hydroxyl groups is 1. The monoisotopic (exact) mass is 620 g/mol. The maximum Gasteiger partial charge on any atom is 2.00 e. The fourth-order valence-corrected chi connectivity index (χ4v) is 7.77. The first kappa shape index (κ1) is 33.2. The largest absolute Gasteiger partial charge is 2.00 e. The van der Waals surface area contributed by atoms with Gasteiger partial charge in [0, 0.05) is 6.42 Å². The normalized spacial score (nSPS) is 29.5. The Morgan fingerprint density at radius 3 is 2.38 bits per heavy atom. The molecular weight excluding hydrogens is 581 g/mol.